The summed E-state index contributed by atoms with van der Waals surface area (Å²) in [6.45, 7) is 3.18. The summed E-state index contributed by atoms with van der Waals surface area (Å²) in [7, 11) is 1.84. The number of fused-ring (bicyclic) bond motifs is 1. The van der Waals surface area contributed by atoms with Gasteiger partial charge < -0.3 is 4.74 Å². The first-order valence-corrected chi connectivity index (χ1v) is 11.9. The Bertz CT molecular complexity index is 862. The summed E-state index contributed by atoms with van der Waals surface area (Å²) in [5, 5.41) is 2.59. The van der Waals surface area contributed by atoms with E-state index in [1.807, 2.05) is 7.11 Å². The molecule has 1 heterocycles. The molecule has 0 unspecified atom stereocenters. The highest BCUT2D eigenvalue weighted by Crippen LogP contribution is 2.41. The maximum Gasteiger partial charge on any atom is 0.0632 e. The average molecular weight is 405 g/mol. The molecule has 1 saturated carbocycles. The molecule has 1 saturated heterocycles. The van der Waals surface area contributed by atoms with E-state index in [2.05, 4.69) is 59.8 Å². The SMILES string of the molecule is COC[C@H]1C[C@H]2CCC[C@H]2N1N[C@@H](C)c1cc2ccc1CCc1ccc(cc1)CC2. The molecule has 8 rings (SSSR count). The first-order chi connectivity index (χ1) is 14.7. The van der Waals surface area contributed by atoms with Crippen molar-refractivity contribution < 1.29 is 4.74 Å². The molecule has 1 aliphatic heterocycles. The molecule has 3 heteroatoms. The Kier molecular flexibility index (Phi) is 5.95. The van der Waals surface area contributed by atoms with Crippen LogP contribution in [0.5, 0.6) is 0 Å². The van der Waals surface area contributed by atoms with E-state index in [-0.39, 0.29) is 0 Å². The summed E-state index contributed by atoms with van der Waals surface area (Å²) >= 11 is 0. The van der Waals surface area contributed by atoms with Gasteiger partial charge in [-0.05, 0) is 85.6 Å². The van der Waals surface area contributed by atoms with Crippen molar-refractivity contribution in [3.8, 4) is 0 Å². The van der Waals surface area contributed by atoms with Crippen molar-refractivity contribution in [3.05, 3.63) is 70.3 Å². The van der Waals surface area contributed by atoms with Gasteiger partial charge >= 0.3 is 0 Å². The third-order valence-corrected chi connectivity index (χ3v) is 7.73. The molecule has 160 valence electrons. The summed E-state index contributed by atoms with van der Waals surface area (Å²) in [4.78, 5) is 0. The molecule has 0 aromatic heterocycles. The van der Waals surface area contributed by atoms with E-state index in [1.165, 1.54) is 53.5 Å². The lowest BCUT2D eigenvalue weighted by Crippen LogP contribution is -2.49. The standard InChI is InChI=1S/C27H36N2O/c1-19(28-29-25(18-30-2)17-24-4-3-5-27(24)29)26-16-22-11-10-20-6-8-21(9-7-20)12-14-23(26)15-13-22/h6-9,13,15-16,19,24-25,27-28H,3-5,10-12,14,17-18H2,1-2H3/t19-,24+,25+,27+/m0/s1. The lowest BCUT2D eigenvalue weighted by Gasteiger charge is -2.34. The van der Waals surface area contributed by atoms with E-state index in [9.17, 15) is 0 Å². The summed E-state index contributed by atoms with van der Waals surface area (Å²) in [6, 6.07) is 18.0. The molecule has 0 radical (unpaired) electrons. The summed E-state index contributed by atoms with van der Waals surface area (Å²) < 4.78 is 5.58. The first kappa shape index (κ1) is 20.2. The Hall–Kier alpha value is -1.68. The van der Waals surface area contributed by atoms with Gasteiger partial charge in [-0.2, -0.15) is 0 Å². The van der Waals surface area contributed by atoms with E-state index in [0.29, 0.717) is 18.1 Å². The van der Waals surface area contributed by atoms with E-state index >= 15 is 0 Å². The molecule has 2 aromatic rings. The molecule has 1 N–H and O–H groups in total. The molecule has 3 nitrogen and oxygen atoms in total. The Balaban J connectivity index is 1.39. The highest BCUT2D eigenvalue weighted by atomic mass is 16.5. The molecule has 5 aliphatic carbocycles. The number of ether oxygens (including phenoxy) is 1. The van der Waals surface area contributed by atoms with Crippen molar-refractivity contribution in [2.75, 3.05) is 13.7 Å². The zero-order valence-electron chi connectivity index (χ0n) is 18.6. The fourth-order valence-corrected chi connectivity index (χ4v) is 6.10. The second-order valence-corrected chi connectivity index (χ2v) is 9.71. The maximum absolute atomic E-state index is 5.58. The lowest BCUT2D eigenvalue weighted by molar-refractivity contribution is 0.0444. The topological polar surface area (TPSA) is 24.5 Å². The van der Waals surface area contributed by atoms with Gasteiger partial charge in [0.15, 0.2) is 0 Å². The third kappa shape index (κ3) is 4.08. The average Bonchev–Trinajstić information content (AvgIpc) is 3.33. The minimum Gasteiger partial charge on any atom is -0.383 e. The number of aryl methyl sites for hydroxylation is 4. The van der Waals surface area contributed by atoms with Gasteiger partial charge in [-0.25, -0.2) is 10.4 Å². The van der Waals surface area contributed by atoms with Crippen molar-refractivity contribution in [1.82, 2.24) is 10.4 Å². The van der Waals surface area contributed by atoms with Crippen molar-refractivity contribution in [3.63, 3.8) is 0 Å². The van der Waals surface area contributed by atoms with Gasteiger partial charge in [-0.15, -0.1) is 0 Å². The molecule has 0 spiro atoms. The fraction of sp³-hybridized carbons (Fsp3) is 0.556. The normalized spacial score (nSPS) is 27.1. The number of hydrogen-bond acceptors (Lipinski definition) is 3. The van der Waals surface area contributed by atoms with Gasteiger partial charge in [0.1, 0.15) is 0 Å². The van der Waals surface area contributed by atoms with Crippen molar-refractivity contribution in [1.29, 1.82) is 0 Å². The van der Waals surface area contributed by atoms with Gasteiger partial charge in [0.2, 0.25) is 0 Å². The van der Waals surface area contributed by atoms with Crippen LogP contribution in [-0.4, -0.2) is 30.8 Å². The monoisotopic (exact) mass is 404 g/mol. The number of benzene rings is 2. The van der Waals surface area contributed by atoms with E-state index in [1.54, 1.807) is 0 Å². The fourth-order valence-electron chi connectivity index (χ4n) is 6.10. The predicted octanol–water partition coefficient (Wildman–Crippen LogP) is 5.03. The molecule has 6 aliphatic rings. The first-order valence-electron chi connectivity index (χ1n) is 11.9. The summed E-state index contributed by atoms with van der Waals surface area (Å²) in [5.74, 6) is 0.844. The number of hydrazine groups is 1. The van der Waals surface area contributed by atoms with E-state index in [0.717, 1.165) is 38.2 Å². The highest BCUT2D eigenvalue weighted by molar-refractivity contribution is 5.37. The summed E-state index contributed by atoms with van der Waals surface area (Å²) in [5.41, 5.74) is 11.3. The Morgan fingerprint density at radius 1 is 0.967 bits per heavy atom. The smallest absolute Gasteiger partial charge is 0.0632 e. The van der Waals surface area contributed by atoms with Crippen LogP contribution in [0.15, 0.2) is 42.5 Å². The van der Waals surface area contributed by atoms with Crippen LogP contribution >= 0.6 is 0 Å². The predicted molar refractivity (Wildman–Crippen MR) is 122 cm³/mol. The maximum atomic E-state index is 5.58. The lowest BCUT2D eigenvalue weighted by atomic mass is 9.91. The molecular weight excluding hydrogens is 368 g/mol. The second kappa shape index (κ2) is 8.82. The van der Waals surface area contributed by atoms with Crippen LogP contribution in [0, 0.1) is 5.92 Å². The number of hydrogen-bond donors (Lipinski definition) is 1. The van der Waals surface area contributed by atoms with Gasteiger partial charge in [0.05, 0.1) is 6.61 Å². The van der Waals surface area contributed by atoms with Crippen molar-refractivity contribution >= 4 is 0 Å². The Labute approximate surface area is 181 Å². The van der Waals surface area contributed by atoms with E-state index in [4.69, 9.17) is 4.74 Å². The molecule has 4 bridgehead atoms. The highest BCUT2D eigenvalue weighted by Gasteiger charge is 2.44. The third-order valence-electron chi connectivity index (χ3n) is 7.73. The van der Waals surface area contributed by atoms with Crippen molar-refractivity contribution in [2.45, 2.75) is 76.4 Å². The van der Waals surface area contributed by atoms with Crippen LogP contribution in [-0.2, 0) is 30.4 Å². The quantitative estimate of drug-likeness (QED) is 0.757. The van der Waals surface area contributed by atoms with Crippen LogP contribution in [0.1, 0.15) is 66.5 Å². The Morgan fingerprint density at radius 2 is 1.67 bits per heavy atom. The molecule has 0 amide bonds. The van der Waals surface area contributed by atoms with Gasteiger partial charge in [-0.3, -0.25) is 0 Å². The minimum absolute atomic E-state index is 0.322. The van der Waals surface area contributed by atoms with E-state index < -0.39 is 0 Å². The van der Waals surface area contributed by atoms with Crippen LogP contribution in [0.3, 0.4) is 0 Å². The van der Waals surface area contributed by atoms with Crippen LogP contribution in [0.2, 0.25) is 0 Å². The Morgan fingerprint density at radius 3 is 2.43 bits per heavy atom. The minimum atomic E-state index is 0.322. The van der Waals surface area contributed by atoms with Gasteiger partial charge in [0, 0.05) is 25.2 Å². The zero-order chi connectivity index (χ0) is 20.5. The summed E-state index contributed by atoms with van der Waals surface area (Å²) in [6.07, 6.45) is 9.81. The zero-order valence-corrected chi connectivity index (χ0v) is 18.6. The van der Waals surface area contributed by atoms with Crippen LogP contribution in [0.25, 0.3) is 0 Å². The number of rotatable bonds is 5. The molecule has 30 heavy (non-hydrogen) atoms. The largest absolute Gasteiger partial charge is 0.383 e. The van der Waals surface area contributed by atoms with Gasteiger partial charge in [-0.1, -0.05) is 48.9 Å². The molecule has 2 fully saturated rings. The second-order valence-electron chi connectivity index (χ2n) is 9.71. The molecule has 2 aromatic carbocycles. The molecular formula is C27H36N2O. The molecule has 4 atom stereocenters. The van der Waals surface area contributed by atoms with Crippen LogP contribution in [0.4, 0.5) is 0 Å². The number of nitrogens with zero attached hydrogens (tertiary/aromatic N) is 1. The van der Waals surface area contributed by atoms with Crippen molar-refractivity contribution in [2.24, 2.45) is 5.92 Å². The van der Waals surface area contributed by atoms with Gasteiger partial charge in [0.25, 0.3) is 0 Å². The number of nitrogens with one attached hydrogen (secondary N) is 1. The number of methoxy groups -OCH3 is 1. The van der Waals surface area contributed by atoms with Crippen LogP contribution < -0.4 is 5.43 Å².